The Morgan fingerprint density at radius 3 is 1.02 bits per heavy atom. The molecule has 0 bridgehead atoms. The number of allylic oxidation sites excluding steroid dienone is 12. The molecule has 0 rings (SSSR count). The molecule has 0 aliphatic carbocycles. The van der Waals surface area contributed by atoms with Crippen molar-refractivity contribution < 1.29 is 28.6 Å². The number of hydrogen-bond donors (Lipinski definition) is 0. The topological polar surface area (TPSA) is 78.9 Å². The highest BCUT2D eigenvalue weighted by atomic mass is 16.6. The van der Waals surface area contributed by atoms with Crippen molar-refractivity contribution >= 4 is 17.9 Å². The van der Waals surface area contributed by atoms with E-state index in [9.17, 15) is 14.4 Å². The maximum Gasteiger partial charge on any atom is 0.306 e. The van der Waals surface area contributed by atoms with Gasteiger partial charge in [0.05, 0.1) is 0 Å². The van der Waals surface area contributed by atoms with E-state index in [1.54, 1.807) is 0 Å². The number of esters is 3. The van der Waals surface area contributed by atoms with Crippen molar-refractivity contribution in [1.29, 1.82) is 0 Å². The van der Waals surface area contributed by atoms with Gasteiger partial charge in [0, 0.05) is 19.3 Å². The van der Waals surface area contributed by atoms with Crippen molar-refractivity contribution in [1.82, 2.24) is 0 Å². The average molecular weight is 907 g/mol. The van der Waals surface area contributed by atoms with Crippen LogP contribution in [-0.4, -0.2) is 37.2 Å². The molecule has 0 aromatic heterocycles. The molecule has 0 spiro atoms. The smallest absolute Gasteiger partial charge is 0.306 e. The second-order valence-corrected chi connectivity index (χ2v) is 18.1. The van der Waals surface area contributed by atoms with Crippen molar-refractivity contribution in [2.75, 3.05) is 13.2 Å². The first kappa shape index (κ1) is 61.9. The van der Waals surface area contributed by atoms with Gasteiger partial charge < -0.3 is 14.2 Å². The van der Waals surface area contributed by atoms with Crippen molar-refractivity contribution in [2.45, 2.75) is 271 Å². The molecule has 0 aromatic rings. The molecule has 6 nitrogen and oxygen atoms in total. The van der Waals surface area contributed by atoms with E-state index >= 15 is 0 Å². The van der Waals surface area contributed by atoms with Crippen LogP contribution in [0, 0.1) is 0 Å². The van der Waals surface area contributed by atoms with Crippen LogP contribution < -0.4 is 0 Å². The Bertz CT molecular complexity index is 1230. The lowest BCUT2D eigenvalue weighted by Gasteiger charge is -2.18. The van der Waals surface area contributed by atoms with Gasteiger partial charge in [-0.15, -0.1) is 0 Å². The first-order valence-corrected chi connectivity index (χ1v) is 27.4. The fraction of sp³-hybridized carbons (Fsp3) is 0.746. The van der Waals surface area contributed by atoms with Crippen LogP contribution in [0.15, 0.2) is 72.9 Å². The van der Waals surface area contributed by atoms with E-state index in [1.807, 2.05) is 6.08 Å². The standard InChI is InChI=1S/C59H102O6/c1-4-7-10-13-16-19-22-25-27-28-29-30-32-34-37-40-43-46-49-52-58(61)64-55-56(54-63-57(60)51-48-45-42-39-36-33-24-21-18-15-12-9-6-3)65-59(62)53-50-47-44-41-38-35-31-26-23-20-17-14-11-8-5-2/h16,19,25,27,29-30,34,37,43-44,46-47,56H,4-15,17-18,20-24,26,28,31-33,35-36,38-42,45,48-55H2,1-3H3/b19-16-,27-25-,30-29-,37-34-,46-43-,47-44-. The van der Waals surface area contributed by atoms with Gasteiger partial charge in [0.25, 0.3) is 0 Å². The summed E-state index contributed by atoms with van der Waals surface area (Å²) in [7, 11) is 0. The number of rotatable bonds is 49. The minimum Gasteiger partial charge on any atom is -0.462 e. The van der Waals surface area contributed by atoms with Crippen molar-refractivity contribution in [3.63, 3.8) is 0 Å². The van der Waals surface area contributed by atoms with Gasteiger partial charge in [0.15, 0.2) is 6.10 Å². The van der Waals surface area contributed by atoms with Crippen LogP contribution in [0.3, 0.4) is 0 Å². The molecule has 0 fully saturated rings. The summed E-state index contributed by atoms with van der Waals surface area (Å²) in [5.41, 5.74) is 0. The Kier molecular flexibility index (Phi) is 50.9. The maximum absolute atomic E-state index is 12.8. The zero-order valence-electron chi connectivity index (χ0n) is 42.7. The number of hydrogen-bond acceptors (Lipinski definition) is 6. The van der Waals surface area contributed by atoms with Crippen LogP contribution in [0.25, 0.3) is 0 Å². The van der Waals surface area contributed by atoms with Gasteiger partial charge in [0.2, 0.25) is 0 Å². The number of carbonyl (C=O) groups is 3. The lowest BCUT2D eigenvalue weighted by atomic mass is 10.0. The predicted octanol–water partition coefficient (Wildman–Crippen LogP) is 18.2. The first-order chi connectivity index (χ1) is 32.0. The highest BCUT2D eigenvalue weighted by molar-refractivity contribution is 5.71. The van der Waals surface area contributed by atoms with E-state index < -0.39 is 6.10 Å². The number of unbranched alkanes of at least 4 members (excludes halogenated alkanes) is 26. The molecule has 65 heavy (non-hydrogen) atoms. The molecule has 0 heterocycles. The highest BCUT2D eigenvalue weighted by Gasteiger charge is 2.19. The van der Waals surface area contributed by atoms with Crippen molar-refractivity contribution in [2.24, 2.45) is 0 Å². The molecule has 0 aliphatic rings. The Labute approximate surface area is 402 Å². The Morgan fingerprint density at radius 1 is 0.308 bits per heavy atom. The lowest BCUT2D eigenvalue weighted by molar-refractivity contribution is -0.166. The van der Waals surface area contributed by atoms with Gasteiger partial charge in [-0.1, -0.05) is 248 Å². The maximum atomic E-state index is 12.8. The van der Waals surface area contributed by atoms with E-state index in [1.165, 1.54) is 161 Å². The first-order valence-electron chi connectivity index (χ1n) is 27.4. The zero-order valence-corrected chi connectivity index (χ0v) is 42.7. The van der Waals surface area contributed by atoms with E-state index in [0.717, 1.165) is 51.4 Å². The second kappa shape index (κ2) is 53.5. The van der Waals surface area contributed by atoms with Gasteiger partial charge >= 0.3 is 17.9 Å². The Morgan fingerprint density at radius 2 is 0.585 bits per heavy atom. The summed E-state index contributed by atoms with van der Waals surface area (Å²) >= 11 is 0. The molecule has 0 radical (unpaired) electrons. The summed E-state index contributed by atoms with van der Waals surface area (Å²) in [6.45, 7) is 6.53. The largest absolute Gasteiger partial charge is 0.462 e. The normalized spacial score (nSPS) is 12.6. The van der Waals surface area contributed by atoms with Crippen LogP contribution >= 0.6 is 0 Å². The summed E-state index contributed by atoms with van der Waals surface area (Å²) < 4.78 is 16.7. The van der Waals surface area contributed by atoms with Gasteiger partial charge in [-0.3, -0.25) is 14.4 Å². The summed E-state index contributed by atoms with van der Waals surface area (Å²) in [4.78, 5) is 38.0. The monoisotopic (exact) mass is 907 g/mol. The minimum atomic E-state index is -0.824. The summed E-state index contributed by atoms with van der Waals surface area (Å²) in [5, 5.41) is 0. The van der Waals surface area contributed by atoms with Gasteiger partial charge in [0.1, 0.15) is 13.2 Å². The molecule has 0 aromatic carbocycles. The minimum absolute atomic E-state index is 0.111. The molecule has 1 atom stereocenters. The summed E-state index contributed by atoms with van der Waals surface area (Å²) in [6.07, 6.45) is 67.7. The second-order valence-electron chi connectivity index (χ2n) is 18.1. The third-order valence-electron chi connectivity index (χ3n) is 11.7. The van der Waals surface area contributed by atoms with E-state index in [-0.39, 0.29) is 44.0 Å². The molecule has 374 valence electrons. The van der Waals surface area contributed by atoms with Crippen LogP contribution in [0.4, 0.5) is 0 Å². The van der Waals surface area contributed by atoms with Crippen LogP contribution in [-0.2, 0) is 28.6 Å². The van der Waals surface area contributed by atoms with Crippen LogP contribution in [0.2, 0.25) is 0 Å². The number of ether oxygens (including phenoxy) is 3. The van der Waals surface area contributed by atoms with E-state index in [2.05, 4.69) is 87.6 Å². The highest BCUT2D eigenvalue weighted by Crippen LogP contribution is 2.15. The van der Waals surface area contributed by atoms with Crippen LogP contribution in [0.1, 0.15) is 265 Å². The molecule has 0 N–H and O–H groups in total. The molecule has 6 heteroatoms. The van der Waals surface area contributed by atoms with Crippen LogP contribution in [0.5, 0.6) is 0 Å². The lowest BCUT2D eigenvalue weighted by Crippen LogP contribution is -2.30. The van der Waals surface area contributed by atoms with Gasteiger partial charge in [-0.2, -0.15) is 0 Å². The Balaban J connectivity index is 4.51. The zero-order chi connectivity index (χ0) is 47.2. The quantitative estimate of drug-likeness (QED) is 0.0262. The van der Waals surface area contributed by atoms with Gasteiger partial charge in [-0.25, -0.2) is 0 Å². The van der Waals surface area contributed by atoms with Gasteiger partial charge in [-0.05, 0) is 70.6 Å². The summed E-state index contributed by atoms with van der Waals surface area (Å²) in [6, 6.07) is 0. The van der Waals surface area contributed by atoms with E-state index in [4.69, 9.17) is 14.2 Å². The molecule has 1 unspecified atom stereocenters. The SMILES string of the molecule is CCCCC/C=C\C/C=C\C/C=C\C/C=C\C/C=C\CCC(=O)OCC(COC(=O)CCCCCCCCCCCCCCC)OC(=O)CC/C=C\CCCCCCCCCCCCC. The molecular formula is C59H102O6. The third kappa shape index (κ3) is 51.7. The molecule has 0 saturated heterocycles. The van der Waals surface area contributed by atoms with Crippen molar-refractivity contribution in [3.8, 4) is 0 Å². The molecular weight excluding hydrogens is 805 g/mol. The fourth-order valence-electron chi connectivity index (χ4n) is 7.56. The molecule has 0 aliphatic heterocycles. The molecule has 0 saturated carbocycles. The average Bonchev–Trinajstić information content (AvgIpc) is 3.30. The fourth-order valence-corrected chi connectivity index (χ4v) is 7.56. The predicted molar refractivity (Wildman–Crippen MR) is 279 cm³/mol. The Hall–Kier alpha value is -3.15. The van der Waals surface area contributed by atoms with Crippen molar-refractivity contribution in [3.05, 3.63) is 72.9 Å². The summed E-state index contributed by atoms with van der Waals surface area (Å²) in [5.74, 6) is -1.04. The third-order valence-corrected chi connectivity index (χ3v) is 11.7. The molecule has 0 amide bonds. The van der Waals surface area contributed by atoms with E-state index in [0.29, 0.717) is 19.3 Å². The number of carbonyl (C=O) groups excluding carboxylic acids is 3.